The fraction of sp³-hybridized carbons (Fsp3) is 0.562. The van der Waals surface area contributed by atoms with Gasteiger partial charge in [0.2, 0.25) is 5.91 Å². The van der Waals surface area contributed by atoms with Gasteiger partial charge in [-0.2, -0.15) is 0 Å². The molecule has 3 atom stereocenters. The topological polar surface area (TPSA) is 113 Å². The van der Waals surface area contributed by atoms with Crippen molar-refractivity contribution in [2.75, 3.05) is 11.9 Å². The van der Waals surface area contributed by atoms with Crippen molar-refractivity contribution in [3.63, 3.8) is 0 Å². The lowest BCUT2D eigenvalue weighted by Gasteiger charge is -2.37. The van der Waals surface area contributed by atoms with E-state index in [9.17, 15) is 19.5 Å². The Bertz CT molecular complexity index is 772. The first-order chi connectivity index (χ1) is 11.5. The van der Waals surface area contributed by atoms with Crippen LogP contribution in [0.15, 0.2) is 9.85 Å². The number of piperidine rings is 1. The van der Waals surface area contributed by atoms with Crippen LogP contribution in [0.25, 0.3) is 0 Å². The number of rotatable bonds is 3. The highest BCUT2D eigenvalue weighted by atomic mass is 79.9. The van der Waals surface area contributed by atoms with Crippen LogP contribution in [0.1, 0.15) is 36.9 Å². The van der Waals surface area contributed by atoms with Crippen molar-refractivity contribution >= 4 is 50.9 Å². The van der Waals surface area contributed by atoms with Gasteiger partial charge in [0.25, 0.3) is 5.91 Å². The van der Waals surface area contributed by atoms with Crippen molar-refractivity contribution < 1.29 is 19.5 Å². The van der Waals surface area contributed by atoms with E-state index in [1.54, 1.807) is 6.07 Å². The number of fused-ring (bicyclic) bond motifs is 1. The number of amides is 3. The number of primary amides is 1. The Kier molecular flexibility index (Phi) is 4.15. The van der Waals surface area contributed by atoms with Gasteiger partial charge in [-0.3, -0.25) is 14.5 Å². The number of hydrogen-bond donors (Lipinski definition) is 3. The van der Waals surface area contributed by atoms with Crippen molar-refractivity contribution in [1.29, 1.82) is 0 Å². The van der Waals surface area contributed by atoms with Gasteiger partial charge >= 0.3 is 6.09 Å². The summed E-state index contributed by atoms with van der Waals surface area (Å²) in [6.07, 6.45) is -0.272. The van der Waals surface area contributed by atoms with E-state index >= 15 is 0 Å². The van der Waals surface area contributed by atoms with Crippen LogP contribution in [0.3, 0.4) is 0 Å². The minimum Gasteiger partial charge on any atom is -0.465 e. The molecule has 2 heterocycles. The van der Waals surface area contributed by atoms with Gasteiger partial charge < -0.3 is 16.2 Å². The number of likely N-dealkylation sites (tertiary alicyclic amines) is 1. The molecular formula is C16H20BrN3O4S. The maximum absolute atomic E-state index is 13.0. The molecule has 1 saturated carbocycles. The number of nitrogens with zero attached hydrogens (tertiary/aromatic N) is 1. The van der Waals surface area contributed by atoms with E-state index in [0.717, 1.165) is 17.8 Å². The molecule has 2 fully saturated rings. The van der Waals surface area contributed by atoms with Gasteiger partial charge in [0.15, 0.2) is 0 Å². The van der Waals surface area contributed by atoms with Crippen LogP contribution in [0.5, 0.6) is 0 Å². The van der Waals surface area contributed by atoms with Crippen LogP contribution < -0.4 is 11.1 Å². The monoisotopic (exact) mass is 429 g/mol. The Balaban J connectivity index is 1.94. The maximum atomic E-state index is 13.0. The Morgan fingerprint density at radius 3 is 2.60 bits per heavy atom. The van der Waals surface area contributed by atoms with E-state index in [1.165, 1.54) is 4.90 Å². The first kappa shape index (κ1) is 18.2. The second-order valence-corrected chi connectivity index (χ2v) is 10.1. The molecule has 1 aromatic rings. The van der Waals surface area contributed by atoms with E-state index in [-0.39, 0.29) is 21.6 Å². The van der Waals surface area contributed by atoms with Crippen molar-refractivity contribution in [3.05, 3.63) is 14.7 Å². The van der Waals surface area contributed by atoms with Crippen LogP contribution in [-0.2, 0) is 4.79 Å². The minimum absolute atomic E-state index is 0.184. The van der Waals surface area contributed by atoms with Gasteiger partial charge in [-0.15, -0.1) is 11.3 Å². The highest BCUT2D eigenvalue weighted by Crippen LogP contribution is 2.70. The van der Waals surface area contributed by atoms with Gasteiger partial charge in [0.05, 0.1) is 9.47 Å². The Morgan fingerprint density at radius 2 is 2.08 bits per heavy atom. The number of thiophene rings is 1. The molecule has 1 aliphatic carbocycles. The molecule has 7 nitrogen and oxygen atoms in total. The van der Waals surface area contributed by atoms with Crippen LogP contribution >= 0.6 is 27.3 Å². The zero-order valence-corrected chi connectivity index (χ0v) is 16.5. The third kappa shape index (κ3) is 2.73. The number of hydrogen-bond acceptors (Lipinski definition) is 4. The fourth-order valence-electron chi connectivity index (χ4n) is 4.26. The highest BCUT2D eigenvalue weighted by molar-refractivity contribution is 9.11. The molecule has 1 aliphatic heterocycles. The third-order valence-corrected chi connectivity index (χ3v) is 7.10. The average Bonchev–Trinajstić information content (AvgIpc) is 2.91. The van der Waals surface area contributed by atoms with Gasteiger partial charge in [0.1, 0.15) is 10.9 Å². The zero-order valence-electron chi connectivity index (χ0n) is 14.1. The number of nitrogens with one attached hydrogen (secondary N) is 1. The Morgan fingerprint density at radius 1 is 1.44 bits per heavy atom. The summed E-state index contributed by atoms with van der Waals surface area (Å²) in [5.41, 5.74) is 5.08. The molecule has 3 rings (SSSR count). The summed E-state index contributed by atoms with van der Waals surface area (Å²) in [6.45, 7) is 6.47. The summed E-state index contributed by atoms with van der Waals surface area (Å²) in [6, 6.07) is 0.825. The number of nitrogens with two attached hydrogens (primary N) is 1. The summed E-state index contributed by atoms with van der Waals surface area (Å²) in [5, 5.41) is 12.3. The first-order valence-corrected chi connectivity index (χ1v) is 9.49. The second kappa shape index (κ2) is 5.70. The molecule has 0 unspecified atom stereocenters. The molecule has 0 spiro atoms. The van der Waals surface area contributed by atoms with Crippen LogP contribution in [0.4, 0.5) is 10.5 Å². The lowest BCUT2D eigenvalue weighted by atomic mass is 9.72. The molecule has 1 saturated heterocycles. The van der Waals surface area contributed by atoms with Crippen LogP contribution in [0, 0.1) is 16.7 Å². The smallest absolute Gasteiger partial charge is 0.408 e. The molecule has 2 aliphatic rings. The molecule has 25 heavy (non-hydrogen) atoms. The van der Waals surface area contributed by atoms with E-state index in [1.807, 2.05) is 20.8 Å². The quantitative estimate of drug-likeness (QED) is 0.684. The lowest BCUT2D eigenvalue weighted by Crippen LogP contribution is -2.51. The SMILES string of the molecule is CC(C)(C)[C@]12C[C@H]1CN(C(=O)O)[C@@H]2C(=O)Nc1cc(Br)sc1C(N)=O. The van der Waals surface area contributed by atoms with Crippen molar-refractivity contribution in [3.8, 4) is 0 Å². The summed E-state index contributed by atoms with van der Waals surface area (Å²) in [5.74, 6) is -0.864. The normalized spacial score (nSPS) is 27.8. The average molecular weight is 430 g/mol. The van der Waals surface area contributed by atoms with E-state index in [2.05, 4.69) is 21.2 Å². The molecule has 9 heteroatoms. The Labute approximate surface area is 157 Å². The van der Waals surface area contributed by atoms with Crippen molar-refractivity contribution in [2.45, 2.75) is 33.2 Å². The summed E-state index contributed by atoms with van der Waals surface area (Å²) < 4.78 is 0.660. The highest BCUT2D eigenvalue weighted by Gasteiger charge is 2.73. The maximum Gasteiger partial charge on any atom is 0.408 e. The first-order valence-electron chi connectivity index (χ1n) is 7.88. The predicted octanol–water partition coefficient (Wildman–Crippen LogP) is 2.96. The number of carbonyl (C=O) groups excluding carboxylic acids is 2. The van der Waals surface area contributed by atoms with Crippen molar-refractivity contribution in [2.24, 2.45) is 22.5 Å². The van der Waals surface area contributed by atoms with Gasteiger partial charge in [-0.1, -0.05) is 20.8 Å². The predicted molar refractivity (Wildman–Crippen MR) is 97.7 cm³/mol. The summed E-state index contributed by atoms with van der Waals surface area (Å²) in [4.78, 5) is 37.7. The second-order valence-electron chi connectivity index (χ2n) is 7.68. The standard InChI is InChI=1S/C16H20BrN3O4S/c1-15(2,3)16-5-7(16)6-20(14(23)24)11(16)13(22)19-8-4-9(17)25-10(8)12(18)21/h4,7,11H,5-6H2,1-3H3,(H2,18,21)(H,19,22)(H,23,24)/t7-,11+,16+/m0/s1. The minimum atomic E-state index is -1.10. The van der Waals surface area contributed by atoms with Gasteiger partial charge in [-0.05, 0) is 39.8 Å². The molecule has 136 valence electrons. The van der Waals surface area contributed by atoms with E-state index < -0.39 is 23.9 Å². The lowest BCUT2D eigenvalue weighted by molar-refractivity contribution is -0.123. The zero-order chi connectivity index (χ0) is 18.7. The van der Waals surface area contributed by atoms with Gasteiger partial charge in [0, 0.05) is 12.0 Å². The molecule has 4 N–H and O–H groups in total. The Hall–Kier alpha value is -1.61. The molecule has 1 aromatic heterocycles. The summed E-state index contributed by atoms with van der Waals surface area (Å²) >= 11 is 4.40. The number of anilines is 1. The van der Waals surface area contributed by atoms with Crippen LogP contribution in [-0.4, -0.2) is 40.5 Å². The molecule has 3 amide bonds. The van der Waals surface area contributed by atoms with E-state index in [4.69, 9.17) is 5.73 Å². The molecule has 0 aromatic carbocycles. The van der Waals surface area contributed by atoms with Crippen molar-refractivity contribution in [1.82, 2.24) is 4.90 Å². The molecular weight excluding hydrogens is 410 g/mol. The van der Waals surface area contributed by atoms with E-state index in [0.29, 0.717) is 16.0 Å². The largest absolute Gasteiger partial charge is 0.465 e. The summed E-state index contributed by atoms with van der Waals surface area (Å²) in [7, 11) is 0. The molecule has 0 bridgehead atoms. The van der Waals surface area contributed by atoms with Crippen LogP contribution in [0.2, 0.25) is 0 Å². The number of halogens is 1. The third-order valence-electron chi connectivity index (χ3n) is 5.44. The fourth-order valence-corrected chi connectivity index (χ4v) is 5.67. The molecule has 0 radical (unpaired) electrons. The number of carbonyl (C=O) groups is 3. The van der Waals surface area contributed by atoms with Gasteiger partial charge in [-0.25, -0.2) is 4.79 Å². The number of carboxylic acid groups (broad SMARTS) is 1.